The maximum Gasteiger partial charge on any atom is 0.146 e. The fraction of sp³-hybridized carbons (Fsp3) is 0.353. The van der Waals surface area contributed by atoms with Crippen molar-refractivity contribution in [2.75, 3.05) is 7.05 Å². The number of nitrogens with zero attached hydrogens (tertiary/aromatic N) is 1. The molecule has 1 atom stereocenters. The van der Waals surface area contributed by atoms with E-state index in [9.17, 15) is 0 Å². The molecule has 0 spiro atoms. The van der Waals surface area contributed by atoms with E-state index in [1.165, 1.54) is 5.56 Å². The second kappa shape index (κ2) is 7.06. The van der Waals surface area contributed by atoms with E-state index in [1.54, 1.807) is 6.20 Å². The smallest absolute Gasteiger partial charge is 0.146 e. The van der Waals surface area contributed by atoms with Crippen molar-refractivity contribution in [2.45, 2.75) is 32.7 Å². The molecule has 1 aromatic heterocycles. The van der Waals surface area contributed by atoms with Crippen LogP contribution in [0.25, 0.3) is 0 Å². The van der Waals surface area contributed by atoms with Crippen molar-refractivity contribution >= 4 is 0 Å². The molecule has 2 aromatic rings. The molecule has 0 saturated heterocycles. The van der Waals surface area contributed by atoms with Crippen molar-refractivity contribution in [2.24, 2.45) is 0 Å². The first-order chi connectivity index (χ1) is 9.72. The summed E-state index contributed by atoms with van der Waals surface area (Å²) >= 11 is 0. The summed E-state index contributed by atoms with van der Waals surface area (Å²) < 4.78 is 5.84. The summed E-state index contributed by atoms with van der Waals surface area (Å²) in [5, 5.41) is 3.11. The van der Waals surface area contributed by atoms with E-state index in [1.807, 2.05) is 31.4 Å². The van der Waals surface area contributed by atoms with Crippen molar-refractivity contribution in [3.8, 4) is 11.5 Å². The van der Waals surface area contributed by atoms with Gasteiger partial charge in [-0.3, -0.25) is 4.98 Å². The summed E-state index contributed by atoms with van der Waals surface area (Å²) in [5.41, 5.74) is 2.46. The molecule has 0 aliphatic carbocycles. The zero-order valence-electron chi connectivity index (χ0n) is 12.4. The standard InChI is InChI=1S/C17H22N2O/c1-4-13(2)15-5-7-16(8-6-15)20-17-9-14(10-18-3)11-19-12-17/h5-9,11-13,18H,4,10H2,1-3H3. The normalized spacial score (nSPS) is 12.2. The SMILES string of the molecule is CCC(C)c1ccc(Oc2cncc(CNC)c2)cc1. The van der Waals surface area contributed by atoms with E-state index in [2.05, 4.69) is 36.3 Å². The van der Waals surface area contributed by atoms with E-state index in [0.29, 0.717) is 5.92 Å². The van der Waals surface area contributed by atoms with Gasteiger partial charge in [0.15, 0.2) is 0 Å². The van der Waals surface area contributed by atoms with Crippen molar-refractivity contribution in [3.63, 3.8) is 0 Å². The number of hydrogen-bond acceptors (Lipinski definition) is 3. The van der Waals surface area contributed by atoms with Crippen LogP contribution >= 0.6 is 0 Å². The molecule has 0 saturated carbocycles. The molecule has 20 heavy (non-hydrogen) atoms. The van der Waals surface area contributed by atoms with Crippen LogP contribution in [-0.2, 0) is 6.54 Å². The summed E-state index contributed by atoms with van der Waals surface area (Å²) in [6.45, 7) is 5.23. The largest absolute Gasteiger partial charge is 0.456 e. The summed E-state index contributed by atoms with van der Waals surface area (Å²) in [4.78, 5) is 4.19. The van der Waals surface area contributed by atoms with Gasteiger partial charge in [-0.15, -0.1) is 0 Å². The third-order valence-electron chi connectivity index (χ3n) is 3.45. The lowest BCUT2D eigenvalue weighted by Crippen LogP contribution is -2.05. The van der Waals surface area contributed by atoms with E-state index < -0.39 is 0 Å². The minimum Gasteiger partial charge on any atom is -0.456 e. The van der Waals surface area contributed by atoms with Crippen LogP contribution in [0, 0.1) is 0 Å². The van der Waals surface area contributed by atoms with Crippen molar-refractivity contribution in [1.82, 2.24) is 10.3 Å². The van der Waals surface area contributed by atoms with Gasteiger partial charge in [0.05, 0.1) is 6.20 Å². The Morgan fingerprint density at radius 1 is 1.15 bits per heavy atom. The lowest BCUT2D eigenvalue weighted by atomic mass is 9.99. The molecule has 1 aromatic carbocycles. The molecule has 1 heterocycles. The van der Waals surface area contributed by atoms with Gasteiger partial charge in [0.1, 0.15) is 11.5 Å². The Hall–Kier alpha value is -1.87. The lowest BCUT2D eigenvalue weighted by Gasteiger charge is -2.11. The zero-order chi connectivity index (χ0) is 14.4. The maximum atomic E-state index is 5.84. The number of hydrogen-bond donors (Lipinski definition) is 1. The monoisotopic (exact) mass is 270 g/mol. The molecule has 0 fully saturated rings. The fourth-order valence-corrected chi connectivity index (χ4v) is 2.06. The van der Waals surface area contributed by atoms with E-state index in [4.69, 9.17) is 4.74 Å². The number of pyridine rings is 1. The van der Waals surface area contributed by atoms with Crippen LogP contribution in [0.4, 0.5) is 0 Å². The van der Waals surface area contributed by atoms with E-state index >= 15 is 0 Å². The Morgan fingerprint density at radius 2 is 1.90 bits per heavy atom. The molecular formula is C17H22N2O. The molecular weight excluding hydrogens is 248 g/mol. The van der Waals surface area contributed by atoms with Gasteiger partial charge in [0, 0.05) is 12.7 Å². The first-order valence-corrected chi connectivity index (χ1v) is 7.09. The third kappa shape index (κ3) is 3.81. The first kappa shape index (κ1) is 14.5. The van der Waals surface area contributed by atoms with Crippen molar-refractivity contribution in [1.29, 1.82) is 0 Å². The van der Waals surface area contributed by atoms with Crippen molar-refractivity contribution < 1.29 is 4.74 Å². The fourth-order valence-electron chi connectivity index (χ4n) is 2.06. The Balaban J connectivity index is 2.08. The van der Waals surface area contributed by atoms with Gasteiger partial charge in [-0.25, -0.2) is 0 Å². The molecule has 1 N–H and O–H groups in total. The van der Waals surface area contributed by atoms with Crippen LogP contribution in [0.2, 0.25) is 0 Å². The van der Waals surface area contributed by atoms with Crippen molar-refractivity contribution in [3.05, 3.63) is 53.9 Å². The van der Waals surface area contributed by atoms with E-state index in [-0.39, 0.29) is 0 Å². The van der Waals surface area contributed by atoms with Crippen LogP contribution in [-0.4, -0.2) is 12.0 Å². The summed E-state index contributed by atoms with van der Waals surface area (Å²) in [5.74, 6) is 2.21. The van der Waals surface area contributed by atoms with Gasteiger partial charge < -0.3 is 10.1 Å². The Morgan fingerprint density at radius 3 is 2.55 bits per heavy atom. The summed E-state index contributed by atoms with van der Waals surface area (Å²) in [7, 11) is 1.92. The molecule has 3 nitrogen and oxygen atoms in total. The molecule has 106 valence electrons. The topological polar surface area (TPSA) is 34.1 Å². The number of aromatic nitrogens is 1. The highest BCUT2D eigenvalue weighted by Crippen LogP contribution is 2.25. The van der Waals surface area contributed by atoms with Crippen LogP contribution < -0.4 is 10.1 Å². The molecule has 0 aliphatic heterocycles. The Bertz CT molecular complexity index is 537. The molecule has 2 rings (SSSR count). The van der Waals surface area contributed by atoms with Gasteiger partial charge in [0.2, 0.25) is 0 Å². The summed E-state index contributed by atoms with van der Waals surface area (Å²) in [6.07, 6.45) is 4.73. The highest BCUT2D eigenvalue weighted by atomic mass is 16.5. The highest BCUT2D eigenvalue weighted by Gasteiger charge is 2.04. The van der Waals surface area contributed by atoms with Gasteiger partial charge in [-0.1, -0.05) is 26.0 Å². The number of benzene rings is 1. The maximum absolute atomic E-state index is 5.84. The third-order valence-corrected chi connectivity index (χ3v) is 3.45. The zero-order valence-corrected chi connectivity index (χ0v) is 12.4. The second-order valence-electron chi connectivity index (χ2n) is 5.04. The first-order valence-electron chi connectivity index (χ1n) is 7.09. The minimum absolute atomic E-state index is 0.588. The molecule has 0 bridgehead atoms. The van der Waals surface area contributed by atoms with Gasteiger partial charge in [0.25, 0.3) is 0 Å². The van der Waals surface area contributed by atoms with Gasteiger partial charge in [-0.05, 0) is 48.7 Å². The average molecular weight is 270 g/mol. The summed E-state index contributed by atoms with van der Waals surface area (Å²) in [6, 6.07) is 10.3. The van der Waals surface area contributed by atoms with Gasteiger partial charge >= 0.3 is 0 Å². The van der Waals surface area contributed by atoms with Gasteiger partial charge in [-0.2, -0.15) is 0 Å². The van der Waals surface area contributed by atoms with Crippen LogP contribution in [0.1, 0.15) is 37.3 Å². The predicted octanol–water partition coefficient (Wildman–Crippen LogP) is 4.11. The number of ether oxygens (including phenoxy) is 1. The Labute approximate surface area is 121 Å². The molecule has 0 radical (unpaired) electrons. The molecule has 3 heteroatoms. The van der Waals surface area contributed by atoms with Crippen LogP contribution in [0.5, 0.6) is 11.5 Å². The number of rotatable bonds is 6. The Kier molecular flexibility index (Phi) is 5.13. The predicted molar refractivity (Wildman–Crippen MR) is 82.2 cm³/mol. The second-order valence-corrected chi connectivity index (χ2v) is 5.04. The number of nitrogens with one attached hydrogen (secondary N) is 1. The lowest BCUT2D eigenvalue weighted by molar-refractivity contribution is 0.478. The molecule has 1 unspecified atom stereocenters. The quantitative estimate of drug-likeness (QED) is 0.857. The van der Waals surface area contributed by atoms with Crippen LogP contribution in [0.15, 0.2) is 42.7 Å². The van der Waals surface area contributed by atoms with E-state index in [0.717, 1.165) is 30.0 Å². The minimum atomic E-state index is 0.588. The highest BCUT2D eigenvalue weighted by molar-refractivity contribution is 5.34. The molecule has 0 aliphatic rings. The average Bonchev–Trinajstić information content (AvgIpc) is 2.48. The molecule has 0 amide bonds. The van der Waals surface area contributed by atoms with Crippen LogP contribution in [0.3, 0.4) is 0 Å².